The zero-order chi connectivity index (χ0) is 13.0. The molecule has 4 nitrogen and oxygen atoms in total. The Balaban J connectivity index is 1.95. The Morgan fingerprint density at radius 3 is 2.67 bits per heavy atom. The third-order valence-electron chi connectivity index (χ3n) is 2.95. The lowest BCUT2D eigenvalue weighted by Crippen LogP contribution is -2.34. The van der Waals surface area contributed by atoms with Crippen molar-refractivity contribution in [2.75, 3.05) is 13.7 Å². The van der Waals surface area contributed by atoms with Crippen LogP contribution in [0.15, 0.2) is 30.3 Å². The molecule has 1 fully saturated rings. The minimum atomic E-state index is -1.39. The van der Waals surface area contributed by atoms with E-state index in [0.29, 0.717) is 0 Å². The third kappa shape index (κ3) is 2.87. The molecule has 0 bridgehead atoms. The second-order valence-corrected chi connectivity index (χ2v) is 4.17. The first kappa shape index (κ1) is 13.4. The molecular weight excluding hydrogens is 239 g/mol. The van der Waals surface area contributed by atoms with E-state index in [0.717, 1.165) is 5.56 Å². The summed E-state index contributed by atoms with van der Waals surface area (Å²) in [4.78, 5) is 0. The molecule has 18 heavy (non-hydrogen) atoms. The van der Waals surface area contributed by atoms with Gasteiger partial charge < -0.3 is 19.3 Å². The predicted molar refractivity (Wildman–Crippen MR) is 62.7 cm³/mol. The summed E-state index contributed by atoms with van der Waals surface area (Å²) in [5.41, 5.74) is 0.947. The quantitative estimate of drug-likeness (QED) is 0.862. The number of halogens is 1. The normalized spacial score (nSPS) is 31.7. The minimum Gasteiger partial charge on any atom is -0.394 e. The fraction of sp³-hybridized carbons (Fsp3) is 0.538. The lowest BCUT2D eigenvalue weighted by Gasteiger charge is -2.18. The number of hydrogen-bond donors (Lipinski definition) is 1. The molecule has 1 aromatic rings. The van der Waals surface area contributed by atoms with E-state index in [-0.39, 0.29) is 13.2 Å². The van der Waals surface area contributed by atoms with Gasteiger partial charge in [0.05, 0.1) is 13.2 Å². The van der Waals surface area contributed by atoms with Crippen LogP contribution in [0.5, 0.6) is 0 Å². The number of aliphatic hydroxyl groups is 1. The van der Waals surface area contributed by atoms with Crippen LogP contribution in [-0.4, -0.2) is 43.5 Å². The van der Waals surface area contributed by atoms with E-state index in [1.54, 1.807) is 0 Å². The van der Waals surface area contributed by atoms with Gasteiger partial charge in [-0.2, -0.15) is 0 Å². The maximum absolute atomic E-state index is 13.9. The van der Waals surface area contributed by atoms with Crippen LogP contribution < -0.4 is 0 Å². The highest BCUT2D eigenvalue weighted by molar-refractivity contribution is 5.13. The number of methoxy groups -OCH3 is 1. The average molecular weight is 256 g/mol. The Kier molecular flexibility index (Phi) is 4.66. The molecule has 0 aromatic heterocycles. The zero-order valence-electron chi connectivity index (χ0n) is 10.2. The molecule has 2 rings (SSSR count). The van der Waals surface area contributed by atoms with Crippen molar-refractivity contribution < 1.29 is 23.7 Å². The van der Waals surface area contributed by atoms with E-state index in [2.05, 4.69) is 0 Å². The van der Waals surface area contributed by atoms with Crippen molar-refractivity contribution in [3.05, 3.63) is 35.9 Å². The van der Waals surface area contributed by atoms with Crippen LogP contribution in [0.2, 0.25) is 0 Å². The summed E-state index contributed by atoms with van der Waals surface area (Å²) in [6.45, 7) is -0.0119. The van der Waals surface area contributed by atoms with E-state index in [9.17, 15) is 4.39 Å². The highest BCUT2D eigenvalue weighted by Crippen LogP contribution is 2.27. The summed E-state index contributed by atoms with van der Waals surface area (Å²) >= 11 is 0. The number of aliphatic hydroxyl groups excluding tert-OH is 1. The van der Waals surface area contributed by atoms with Crippen LogP contribution in [0.3, 0.4) is 0 Å². The zero-order valence-corrected chi connectivity index (χ0v) is 10.2. The van der Waals surface area contributed by atoms with Gasteiger partial charge in [-0.1, -0.05) is 30.3 Å². The topological polar surface area (TPSA) is 47.9 Å². The van der Waals surface area contributed by atoms with E-state index in [4.69, 9.17) is 19.3 Å². The largest absolute Gasteiger partial charge is 0.394 e. The van der Waals surface area contributed by atoms with Crippen molar-refractivity contribution in [1.82, 2.24) is 0 Å². The number of rotatable bonds is 5. The van der Waals surface area contributed by atoms with Gasteiger partial charge in [0.2, 0.25) is 0 Å². The first-order valence-corrected chi connectivity index (χ1v) is 5.85. The number of ether oxygens (including phenoxy) is 3. The molecule has 1 aliphatic rings. The Morgan fingerprint density at radius 2 is 2.06 bits per heavy atom. The van der Waals surface area contributed by atoms with Gasteiger partial charge in [0, 0.05) is 7.11 Å². The monoisotopic (exact) mass is 256 g/mol. The molecule has 0 saturated carbocycles. The molecule has 1 aromatic carbocycles. The number of benzene rings is 1. The second-order valence-electron chi connectivity index (χ2n) is 4.17. The summed E-state index contributed by atoms with van der Waals surface area (Å²) in [7, 11) is 1.37. The molecule has 1 saturated heterocycles. The van der Waals surface area contributed by atoms with Crippen molar-refractivity contribution in [2.24, 2.45) is 0 Å². The van der Waals surface area contributed by atoms with Gasteiger partial charge in [-0.15, -0.1) is 0 Å². The van der Waals surface area contributed by atoms with Crippen molar-refractivity contribution in [3.63, 3.8) is 0 Å². The maximum Gasteiger partial charge on any atom is 0.191 e. The minimum absolute atomic E-state index is 0.280. The molecule has 5 heteroatoms. The van der Waals surface area contributed by atoms with Gasteiger partial charge in [0.15, 0.2) is 12.5 Å². The highest BCUT2D eigenvalue weighted by Gasteiger charge is 2.45. The molecule has 0 spiro atoms. The van der Waals surface area contributed by atoms with Gasteiger partial charge in [0.25, 0.3) is 0 Å². The Labute approximate surface area is 105 Å². The first-order chi connectivity index (χ1) is 8.76. The van der Waals surface area contributed by atoms with Crippen LogP contribution in [0.4, 0.5) is 4.39 Å². The SMILES string of the molecule is COC1O[C@H](CO)[C@@H](OCc2ccccc2)[C@H]1F. The molecule has 0 amide bonds. The van der Waals surface area contributed by atoms with Gasteiger partial charge in [-0.05, 0) is 5.56 Å². The summed E-state index contributed by atoms with van der Waals surface area (Å²) in [6.07, 6.45) is -3.85. The summed E-state index contributed by atoms with van der Waals surface area (Å²) in [5.74, 6) is 0. The Morgan fingerprint density at radius 1 is 1.33 bits per heavy atom. The number of hydrogen-bond acceptors (Lipinski definition) is 4. The first-order valence-electron chi connectivity index (χ1n) is 5.85. The molecule has 0 aliphatic carbocycles. The van der Waals surface area contributed by atoms with Crippen LogP contribution in [0.1, 0.15) is 5.56 Å². The van der Waals surface area contributed by atoms with E-state index in [1.807, 2.05) is 30.3 Å². The summed E-state index contributed by atoms with van der Waals surface area (Å²) in [6, 6.07) is 9.46. The van der Waals surface area contributed by atoms with Crippen LogP contribution >= 0.6 is 0 Å². The fourth-order valence-corrected chi connectivity index (χ4v) is 1.98. The van der Waals surface area contributed by atoms with Gasteiger partial charge in [-0.25, -0.2) is 4.39 Å². The maximum atomic E-state index is 13.9. The standard InChI is InChI=1S/C13H17FO4/c1-16-13-11(14)12(10(7-15)18-13)17-8-9-5-3-2-4-6-9/h2-6,10-13,15H,7-8H2,1H3/t10-,11-,12-,13?/m1/s1. The molecule has 100 valence electrons. The van der Waals surface area contributed by atoms with Gasteiger partial charge >= 0.3 is 0 Å². The average Bonchev–Trinajstić information content (AvgIpc) is 2.73. The highest BCUT2D eigenvalue weighted by atomic mass is 19.1. The molecule has 1 aliphatic heterocycles. The van der Waals surface area contributed by atoms with Crippen molar-refractivity contribution in [1.29, 1.82) is 0 Å². The smallest absolute Gasteiger partial charge is 0.191 e. The van der Waals surface area contributed by atoms with Crippen LogP contribution in [0, 0.1) is 0 Å². The molecule has 1 N–H and O–H groups in total. The van der Waals surface area contributed by atoms with Gasteiger partial charge in [0.1, 0.15) is 12.2 Å². The van der Waals surface area contributed by atoms with Crippen molar-refractivity contribution in [3.8, 4) is 0 Å². The molecule has 0 radical (unpaired) electrons. The van der Waals surface area contributed by atoms with E-state index < -0.39 is 24.7 Å². The van der Waals surface area contributed by atoms with Crippen molar-refractivity contribution in [2.45, 2.75) is 31.3 Å². The summed E-state index contributed by atoms with van der Waals surface area (Å²) < 4.78 is 29.5. The van der Waals surface area contributed by atoms with Crippen molar-refractivity contribution >= 4 is 0 Å². The van der Waals surface area contributed by atoms with E-state index in [1.165, 1.54) is 7.11 Å². The molecule has 1 unspecified atom stereocenters. The second kappa shape index (κ2) is 6.24. The third-order valence-corrected chi connectivity index (χ3v) is 2.95. The molecule has 4 atom stereocenters. The lowest BCUT2D eigenvalue weighted by atomic mass is 10.1. The summed E-state index contributed by atoms with van der Waals surface area (Å²) in [5, 5.41) is 9.14. The number of alkyl halides is 1. The van der Waals surface area contributed by atoms with Crippen LogP contribution in [0.25, 0.3) is 0 Å². The molecular formula is C13H17FO4. The van der Waals surface area contributed by atoms with E-state index >= 15 is 0 Å². The fourth-order valence-electron chi connectivity index (χ4n) is 1.98. The lowest BCUT2D eigenvalue weighted by molar-refractivity contribution is -0.141. The van der Waals surface area contributed by atoms with Crippen LogP contribution in [-0.2, 0) is 20.8 Å². The molecule has 1 heterocycles. The Hall–Kier alpha value is -1.01. The predicted octanol–water partition coefficient (Wildman–Crippen LogP) is 1.27. The van der Waals surface area contributed by atoms with Gasteiger partial charge in [-0.3, -0.25) is 0 Å². The Bertz CT molecular complexity index is 357.